The van der Waals surface area contributed by atoms with Gasteiger partial charge in [0.15, 0.2) is 0 Å². The lowest BCUT2D eigenvalue weighted by Gasteiger charge is -2.35. The predicted octanol–water partition coefficient (Wildman–Crippen LogP) is 4.13. The molecule has 3 aliphatic rings. The molecule has 0 saturated heterocycles. The fourth-order valence-electron chi connectivity index (χ4n) is 6.35. The first kappa shape index (κ1) is 23.8. The number of nitrogens with one attached hydrogen (secondary N) is 2. The minimum atomic E-state index is -3.73. The summed E-state index contributed by atoms with van der Waals surface area (Å²) < 4.78 is 27.6. The highest BCUT2D eigenvalue weighted by Crippen LogP contribution is 2.54. The number of sulfonamides is 1. The molecule has 190 valence electrons. The van der Waals surface area contributed by atoms with Crippen molar-refractivity contribution in [3.05, 3.63) is 88.0 Å². The summed E-state index contributed by atoms with van der Waals surface area (Å²) in [5.41, 5.74) is 4.29. The standard InChI is InChI=1S/C29H28N2O5S/c1-30-37(35,36)19-10-11-24-22(15-19)26(28(34)31-24)29(13-12-17-6-2-5-9-23(17)29)16-18-14-25(32)20-7-3-4-8-21(20)27(18)33/h2,5-6,9-15,26,30,32-33H,3-4,7-8,16H2,1H3,(H,31,34). The Balaban J connectivity index is 1.55. The van der Waals surface area contributed by atoms with Crippen LogP contribution in [-0.2, 0) is 39.5 Å². The number of benzene rings is 3. The summed E-state index contributed by atoms with van der Waals surface area (Å²) >= 11 is 0. The van der Waals surface area contributed by atoms with Crippen LogP contribution in [0.3, 0.4) is 0 Å². The molecule has 1 aliphatic heterocycles. The maximum absolute atomic E-state index is 13.6. The number of anilines is 1. The van der Waals surface area contributed by atoms with E-state index in [1.54, 1.807) is 18.2 Å². The molecule has 6 rings (SSSR count). The van der Waals surface area contributed by atoms with E-state index in [1.807, 2.05) is 36.4 Å². The SMILES string of the molecule is CNS(=O)(=O)c1ccc2c(c1)C(C1(Cc3cc(O)c4c(c3O)CCCC4)C=Cc3ccccc31)C(=O)N2. The first-order valence-corrected chi connectivity index (χ1v) is 14.0. The van der Waals surface area contributed by atoms with E-state index in [1.165, 1.54) is 13.1 Å². The van der Waals surface area contributed by atoms with Crippen LogP contribution in [0.15, 0.2) is 59.5 Å². The number of phenols is 2. The molecule has 0 radical (unpaired) electrons. The van der Waals surface area contributed by atoms with Crippen LogP contribution in [0.25, 0.3) is 6.08 Å². The maximum Gasteiger partial charge on any atom is 0.240 e. The van der Waals surface area contributed by atoms with E-state index in [0.29, 0.717) is 23.2 Å². The van der Waals surface area contributed by atoms with Crippen molar-refractivity contribution in [3.8, 4) is 11.5 Å². The van der Waals surface area contributed by atoms with Gasteiger partial charge < -0.3 is 15.5 Å². The van der Waals surface area contributed by atoms with Crippen molar-refractivity contribution in [2.24, 2.45) is 0 Å². The molecular weight excluding hydrogens is 488 g/mol. The second kappa shape index (κ2) is 8.46. The van der Waals surface area contributed by atoms with Gasteiger partial charge in [-0.1, -0.05) is 36.4 Å². The number of fused-ring (bicyclic) bond motifs is 3. The van der Waals surface area contributed by atoms with Gasteiger partial charge in [-0.25, -0.2) is 13.1 Å². The normalized spacial score (nSPS) is 21.9. The highest BCUT2D eigenvalue weighted by molar-refractivity contribution is 7.89. The Bertz CT molecular complexity index is 1590. The summed E-state index contributed by atoms with van der Waals surface area (Å²) in [5, 5.41) is 25.1. The topological polar surface area (TPSA) is 116 Å². The highest BCUT2D eigenvalue weighted by atomic mass is 32.2. The highest BCUT2D eigenvalue weighted by Gasteiger charge is 2.50. The van der Waals surface area contributed by atoms with Gasteiger partial charge in [0.25, 0.3) is 0 Å². The van der Waals surface area contributed by atoms with Gasteiger partial charge >= 0.3 is 0 Å². The molecule has 0 aromatic heterocycles. The second-order valence-electron chi connectivity index (χ2n) is 10.1. The van der Waals surface area contributed by atoms with Crippen LogP contribution in [0, 0.1) is 0 Å². The van der Waals surface area contributed by atoms with Gasteiger partial charge in [0.2, 0.25) is 15.9 Å². The van der Waals surface area contributed by atoms with Crippen LogP contribution in [0.2, 0.25) is 0 Å². The van der Waals surface area contributed by atoms with Crippen molar-refractivity contribution in [3.63, 3.8) is 0 Å². The number of rotatable bonds is 5. The third-order valence-electron chi connectivity index (χ3n) is 8.13. The van der Waals surface area contributed by atoms with Crippen LogP contribution in [0.1, 0.15) is 52.1 Å². The Morgan fingerprint density at radius 3 is 2.59 bits per heavy atom. The summed E-state index contributed by atoms with van der Waals surface area (Å²) in [6, 6.07) is 14.1. The molecule has 3 aromatic rings. The van der Waals surface area contributed by atoms with Gasteiger partial charge in [-0.05, 0) is 85.7 Å². The van der Waals surface area contributed by atoms with Gasteiger partial charge in [-0.15, -0.1) is 0 Å². The van der Waals surface area contributed by atoms with Gasteiger partial charge in [0, 0.05) is 22.2 Å². The molecule has 1 amide bonds. The Morgan fingerprint density at radius 1 is 1.05 bits per heavy atom. The Labute approximate surface area is 215 Å². The van der Waals surface area contributed by atoms with E-state index in [4.69, 9.17) is 0 Å². The lowest BCUT2D eigenvalue weighted by molar-refractivity contribution is -0.118. The molecule has 0 fully saturated rings. The molecule has 2 atom stereocenters. The number of carbonyl (C=O) groups is 1. The third-order valence-corrected chi connectivity index (χ3v) is 9.54. The van der Waals surface area contributed by atoms with Gasteiger partial charge in [0.05, 0.1) is 10.8 Å². The zero-order valence-electron chi connectivity index (χ0n) is 20.4. The molecule has 4 N–H and O–H groups in total. The fraction of sp³-hybridized carbons (Fsp3) is 0.276. The van der Waals surface area contributed by atoms with Crippen LogP contribution >= 0.6 is 0 Å². The third kappa shape index (κ3) is 3.58. The molecule has 8 heteroatoms. The number of hydrogen-bond donors (Lipinski definition) is 4. The van der Waals surface area contributed by atoms with Crippen molar-refractivity contribution in [1.82, 2.24) is 4.72 Å². The largest absolute Gasteiger partial charge is 0.508 e. The molecule has 2 aliphatic carbocycles. The smallest absolute Gasteiger partial charge is 0.240 e. The number of aromatic hydroxyl groups is 2. The van der Waals surface area contributed by atoms with Crippen LogP contribution in [0.5, 0.6) is 11.5 Å². The molecule has 7 nitrogen and oxygen atoms in total. The summed E-state index contributed by atoms with van der Waals surface area (Å²) in [6.45, 7) is 0. The minimum absolute atomic E-state index is 0.0786. The fourth-order valence-corrected chi connectivity index (χ4v) is 7.12. The molecule has 1 heterocycles. The monoisotopic (exact) mass is 516 g/mol. The quantitative estimate of drug-likeness (QED) is 0.381. The molecule has 0 saturated carbocycles. The number of hydrogen-bond acceptors (Lipinski definition) is 5. The summed E-state index contributed by atoms with van der Waals surface area (Å²) in [4.78, 5) is 13.7. The number of carbonyl (C=O) groups excluding carboxylic acids is 1. The Hall–Kier alpha value is -3.62. The average Bonchev–Trinajstić information content (AvgIpc) is 3.44. The summed E-state index contributed by atoms with van der Waals surface area (Å²) in [6.07, 6.45) is 7.56. The van der Waals surface area contributed by atoms with Crippen molar-refractivity contribution in [2.75, 3.05) is 12.4 Å². The van der Waals surface area contributed by atoms with Crippen molar-refractivity contribution in [2.45, 2.75) is 48.3 Å². The molecule has 0 spiro atoms. The van der Waals surface area contributed by atoms with E-state index in [2.05, 4.69) is 10.0 Å². The first-order chi connectivity index (χ1) is 17.7. The zero-order valence-corrected chi connectivity index (χ0v) is 21.2. The summed E-state index contributed by atoms with van der Waals surface area (Å²) in [7, 11) is -2.37. The van der Waals surface area contributed by atoms with Crippen LogP contribution in [0.4, 0.5) is 5.69 Å². The van der Waals surface area contributed by atoms with Crippen molar-refractivity contribution in [1.29, 1.82) is 0 Å². The zero-order chi connectivity index (χ0) is 25.9. The molecular formula is C29H28N2O5S. The van der Waals surface area contributed by atoms with E-state index in [9.17, 15) is 23.4 Å². The van der Waals surface area contributed by atoms with Crippen LogP contribution < -0.4 is 10.0 Å². The van der Waals surface area contributed by atoms with Crippen molar-refractivity contribution >= 4 is 27.7 Å². The lowest BCUT2D eigenvalue weighted by atomic mass is 9.65. The maximum atomic E-state index is 13.6. The number of phenolic OH excluding ortho intramolecular Hbond substituents is 2. The van der Waals surface area contributed by atoms with Crippen molar-refractivity contribution < 1.29 is 23.4 Å². The van der Waals surface area contributed by atoms with Crippen LogP contribution in [-0.4, -0.2) is 31.6 Å². The van der Waals surface area contributed by atoms with E-state index < -0.39 is 21.4 Å². The first-order valence-electron chi connectivity index (χ1n) is 12.5. The van der Waals surface area contributed by atoms with Gasteiger partial charge in [-0.2, -0.15) is 0 Å². The predicted molar refractivity (Wildman–Crippen MR) is 141 cm³/mol. The lowest BCUT2D eigenvalue weighted by Crippen LogP contribution is -2.37. The minimum Gasteiger partial charge on any atom is -0.508 e. The molecule has 3 aromatic carbocycles. The van der Waals surface area contributed by atoms with Gasteiger partial charge in [0.1, 0.15) is 11.5 Å². The average molecular weight is 517 g/mol. The van der Waals surface area contributed by atoms with E-state index in [-0.39, 0.29) is 28.7 Å². The molecule has 0 bridgehead atoms. The second-order valence-corrected chi connectivity index (χ2v) is 12.0. The number of allylic oxidation sites excluding steroid dienone is 1. The Morgan fingerprint density at radius 2 is 1.81 bits per heavy atom. The van der Waals surface area contributed by atoms with Gasteiger partial charge in [-0.3, -0.25) is 4.79 Å². The van der Waals surface area contributed by atoms with E-state index in [0.717, 1.165) is 41.5 Å². The summed E-state index contributed by atoms with van der Waals surface area (Å²) in [5.74, 6) is -0.634. The Kier molecular flexibility index (Phi) is 5.43. The molecule has 2 unspecified atom stereocenters. The molecule has 37 heavy (non-hydrogen) atoms. The van der Waals surface area contributed by atoms with E-state index >= 15 is 0 Å². The number of amides is 1.